The van der Waals surface area contributed by atoms with Crippen LogP contribution in [0.15, 0.2) is 6.20 Å². The van der Waals surface area contributed by atoms with E-state index in [9.17, 15) is 4.79 Å². The third kappa shape index (κ3) is 4.18. The van der Waals surface area contributed by atoms with Crippen LogP contribution in [0, 0.1) is 12.3 Å². The van der Waals surface area contributed by atoms with Crippen molar-refractivity contribution in [2.24, 2.45) is 12.5 Å². The molecule has 1 amide bonds. The van der Waals surface area contributed by atoms with Gasteiger partial charge in [0.05, 0.1) is 18.4 Å². The maximum atomic E-state index is 12.2. The summed E-state index contributed by atoms with van der Waals surface area (Å²) in [4.78, 5) is 12.2. The second-order valence-corrected chi connectivity index (χ2v) is 5.63. The van der Waals surface area contributed by atoms with E-state index >= 15 is 0 Å². The molecule has 0 bridgehead atoms. The Morgan fingerprint density at radius 3 is 2.71 bits per heavy atom. The highest BCUT2D eigenvalue weighted by Crippen LogP contribution is 2.28. The number of aryl methyl sites for hydroxylation is 1. The number of piperidine rings is 1. The minimum atomic E-state index is -0.0513. The Labute approximate surface area is 132 Å². The summed E-state index contributed by atoms with van der Waals surface area (Å²) in [6.07, 6.45) is 3.66. The van der Waals surface area contributed by atoms with E-state index in [4.69, 9.17) is 4.74 Å². The summed E-state index contributed by atoms with van der Waals surface area (Å²) in [5, 5.41) is 10.5. The van der Waals surface area contributed by atoms with Crippen molar-refractivity contribution < 1.29 is 9.53 Å². The molecule has 1 aromatic rings. The first-order valence-corrected chi connectivity index (χ1v) is 7.04. The average Bonchev–Trinajstić information content (AvgIpc) is 2.78. The Hall–Kier alpha value is -1.11. The quantitative estimate of drug-likeness (QED) is 0.847. The van der Waals surface area contributed by atoms with Gasteiger partial charge in [0, 0.05) is 31.8 Å². The molecule has 0 unspecified atom stereocenters. The minimum absolute atomic E-state index is 0. The predicted octanol–water partition coefficient (Wildman–Crippen LogP) is 0.896. The van der Waals surface area contributed by atoms with Gasteiger partial charge >= 0.3 is 0 Å². The van der Waals surface area contributed by atoms with Gasteiger partial charge in [-0.05, 0) is 32.9 Å². The summed E-state index contributed by atoms with van der Waals surface area (Å²) >= 11 is 0. The fourth-order valence-electron chi connectivity index (χ4n) is 2.72. The van der Waals surface area contributed by atoms with Crippen molar-refractivity contribution in [3.05, 3.63) is 17.5 Å². The van der Waals surface area contributed by atoms with Crippen LogP contribution in [0.5, 0.6) is 0 Å². The molecular weight excluding hydrogens is 292 g/mol. The zero-order valence-corrected chi connectivity index (χ0v) is 13.8. The second-order valence-electron chi connectivity index (χ2n) is 5.63. The summed E-state index contributed by atoms with van der Waals surface area (Å²) < 4.78 is 7.07. The molecule has 0 saturated carbocycles. The van der Waals surface area contributed by atoms with Gasteiger partial charge in [0.15, 0.2) is 0 Å². The first-order valence-electron chi connectivity index (χ1n) is 7.04. The number of carbonyl (C=O) groups excluding carboxylic acids is 1. The number of nitrogens with zero attached hydrogens (tertiary/aromatic N) is 2. The molecule has 1 aromatic heterocycles. The number of nitrogens with one attached hydrogen (secondary N) is 2. The van der Waals surface area contributed by atoms with Crippen molar-refractivity contribution in [3.8, 4) is 0 Å². The fourth-order valence-corrected chi connectivity index (χ4v) is 2.72. The molecule has 1 aliphatic heterocycles. The van der Waals surface area contributed by atoms with E-state index in [1.807, 2.05) is 14.0 Å². The number of amides is 1. The van der Waals surface area contributed by atoms with Gasteiger partial charge in [-0.1, -0.05) is 0 Å². The van der Waals surface area contributed by atoms with Gasteiger partial charge in [-0.25, -0.2) is 0 Å². The molecule has 0 aromatic carbocycles. The van der Waals surface area contributed by atoms with Gasteiger partial charge in [0.25, 0.3) is 5.91 Å². The molecule has 1 fully saturated rings. The van der Waals surface area contributed by atoms with E-state index in [-0.39, 0.29) is 23.7 Å². The Morgan fingerprint density at radius 1 is 1.52 bits per heavy atom. The lowest BCUT2D eigenvalue weighted by Gasteiger charge is -2.37. The van der Waals surface area contributed by atoms with Gasteiger partial charge in [-0.2, -0.15) is 5.10 Å². The van der Waals surface area contributed by atoms with Crippen molar-refractivity contribution in [3.63, 3.8) is 0 Å². The monoisotopic (exact) mass is 316 g/mol. The Morgan fingerprint density at radius 2 is 2.19 bits per heavy atom. The Balaban J connectivity index is 0.00000220. The molecule has 2 N–H and O–H groups in total. The van der Waals surface area contributed by atoms with E-state index in [2.05, 4.69) is 15.7 Å². The summed E-state index contributed by atoms with van der Waals surface area (Å²) in [5.41, 5.74) is 1.58. The highest BCUT2D eigenvalue weighted by molar-refractivity contribution is 5.95. The predicted molar refractivity (Wildman–Crippen MR) is 83.9 cm³/mol. The summed E-state index contributed by atoms with van der Waals surface area (Å²) in [6, 6.07) is 0. The fraction of sp³-hybridized carbons (Fsp3) is 0.714. The zero-order valence-electron chi connectivity index (χ0n) is 12.9. The second kappa shape index (κ2) is 7.77. The molecule has 0 spiro atoms. The van der Waals surface area contributed by atoms with E-state index in [1.165, 1.54) is 0 Å². The summed E-state index contributed by atoms with van der Waals surface area (Å²) in [7, 11) is 3.56. The van der Waals surface area contributed by atoms with E-state index in [1.54, 1.807) is 18.0 Å². The number of ether oxygens (including phenoxy) is 1. The Kier molecular flexibility index (Phi) is 6.64. The first kappa shape index (κ1) is 17.9. The number of methoxy groups -OCH3 is 1. The topological polar surface area (TPSA) is 68.2 Å². The molecule has 0 aliphatic carbocycles. The van der Waals surface area contributed by atoms with Crippen LogP contribution in [0.4, 0.5) is 0 Å². The lowest BCUT2D eigenvalue weighted by atomic mass is 9.79. The number of halogens is 1. The van der Waals surface area contributed by atoms with Gasteiger partial charge in [0.1, 0.15) is 0 Å². The van der Waals surface area contributed by atoms with Crippen LogP contribution < -0.4 is 10.6 Å². The van der Waals surface area contributed by atoms with Crippen LogP contribution in [0.1, 0.15) is 28.9 Å². The number of carbonyl (C=O) groups is 1. The third-order valence-corrected chi connectivity index (χ3v) is 4.22. The van der Waals surface area contributed by atoms with Gasteiger partial charge in [-0.15, -0.1) is 12.4 Å². The normalized spacial score (nSPS) is 17.1. The highest BCUT2D eigenvalue weighted by atomic mass is 35.5. The van der Waals surface area contributed by atoms with Crippen molar-refractivity contribution in [1.82, 2.24) is 20.4 Å². The van der Waals surface area contributed by atoms with E-state index in [0.29, 0.717) is 18.7 Å². The minimum Gasteiger partial charge on any atom is -0.384 e. The number of hydrogen-bond acceptors (Lipinski definition) is 4. The third-order valence-electron chi connectivity index (χ3n) is 4.22. The SMILES string of the molecule is COCC1(CNC(=O)c2cnn(C)c2C)CCNCC1.Cl. The van der Waals surface area contributed by atoms with Crippen molar-refractivity contribution in [2.75, 3.05) is 33.4 Å². The molecular formula is C14H25ClN4O2. The molecule has 1 saturated heterocycles. The lowest BCUT2D eigenvalue weighted by molar-refractivity contribution is 0.0511. The maximum Gasteiger partial charge on any atom is 0.254 e. The molecule has 2 rings (SSSR count). The molecule has 0 radical (unpaired) electrons. The molecule has 2 heterocycles. The van der Waals surface area contributed by atoms with Crippen molar-refractivity contribution in [1.29, 1.82) is 0 Å². The summed E-state index contributed by atoms with van der Waals surface area (Å²) in [6.45, 7) is 5.18. The average molecular weight is 317 g/mol. The van der Waals surface area contributed by atoms with Gasteiger partial charge in [0.2, 0.25) is 0 Å². The molecule has 21 heavy (non-hydrogen) atoms. The number of hydrogen-bond donors (Lipinski definition) is 2. The lowest BCUT2D eigenvalue weighted by Crippen LogP contribution is -2.47. The largest absolute Gasteiger partial charge is 0.384 e. The number of rotatable bonds is 5. The maximum absolute atomic E-state index is 12.2. The Bertz CT molecular complexity index is 464. The number of aromatic nitrogens is 2. The molecule has 120 valence electrons. The first-order chi connectivity index (χ1) is 9.58. The van der Waals surface area contributed by atoms with Crippen LogP contribution in [0.3, 0.4) is 0 Å². The van der Waals surface area contributed by atoms with Crippen LogP contribution in [0.25, 0.3) is 0 Å². The standard InChI is InChI=1S/C14H24N4O2.ClH/c1-11-12(8-17-18(11)2)13(19)16-9-14(10-20-3)4-6-15-7-5-14;/h8,15H,4-7,9-10H2,1-3H3,(H,16,19);1H. The van der Waals surface area contributed by atoms with Gasteiger partial charge in [-0.3, -0.25) is 9.48 Å². The zero-order chi connectivity index (χ0) is 14.6. The smallest absolute Gasteiger partial charge is 0.254 e. The van der Waals surface area contributed by atoms with Crippen LogP contribution in [-0.4, -0.2) is 49.0 Å². The molecule has 7 heteroatoms. The molecule has 0 atom stereocenters. The van der Waals surface area contributed by atoms with Crippen molar-refractivity contribution in [2.45, 2.75) is 19.8 Å². The van der Waals surface area contributed by atoms with Crippen LogP contribution in [0.2, 0.25) is 0 Å². The van der Waals surface area contributed by atoms with Crippen LogP contribution in [-0.2, 0) is 11.8 Å². The summed E-state index contributed by atoms with van der Waals surface area (Å²) in [5.74, 6) is -0.0513. The van der Waals surface area contributed by atoms with E-state index in [0.717, 1.165) is 31.6 Å². The molecule has 1 aliphatic rings. The van der Waals surface area contributed by atoms with Crippen LogP contribution >= 0.6 is 12.4 Å². The van der Waals surface area contributed by atoms with Gasteiger partial charge < -0.3 is 15.4 Å². The van der Waals surface area contributed by atoms with E-state index < -0.39 is 0 Å². The van der Waals surface area contributed by atoms with Crippen molar-refractivity contribution >= 4 is 18.3 Å². The molecule has 6 nitrogen and oxygen atoms in total. The highest BCUT2D eigenvalue weighted by Gasteiger charge is 2.32.